The van der Waals surface area contributed by atoms with Gasteiger partial charge in [0.1, 0.15) is 0 Å². The molecule has 0 saturated heterocycles. The molecular formula is C14H9NO2. The van der Waals surface area contributed by atoms with Gasteiger partial charge < -0.3 is 5.11 Å². The van der Waals surface area contributed by atoms with Crippen molar-refractivity contribution in [3.05, 3.63) is 54.2 Å². The van der Waals surface area contributed by atoms with Gasteiger partial charge in [-0.2, -0.15) is 0 Å². The zero-order chi connectivity index (χ0) is 11.8. The highest BCUT2D eigenvalue weighted by atomic mass is 16.4. The monoisotopic (exact) mass is 223 g/mol. The number of carbonyl (C=O) groups is 1. The zero-order valence-electron chi connectivity index (χ0n) is 8.92. The third-order valence-electron chi connectivity index (χ3n) is 2.84. The number of aromatic nitrogens is 1. The van der Waals surface area contributed by atoms with Gasteiger partial charge in [0, 0.05) is 17.1 Å². The second kappa shape index (κ2) is 3.56. The van der Waals surface area contributed by atoms with Crippen molar-refractivity contribution < 1.29 is 9.90 Å². The lowest BCUT2D eigenvalue weighted by Gasteiger charge is -1.99. The highest BCUT2D eigenvalue weighted by Gasteiger charge is 2.09. The molecule has 0 fully saturated rings. The summed E-state index contributed by atoms with van der Waals surface area (Å²) in [6.07, 6.45) is 1.76. The molecule has 17 heavy (non-hydrogen) atoms. The lowest BCUT2D eigenvalue weighted by molar-refractivity contribution is 0.0697. The number of hydrogen-bond acceptors (Lipinski definition) is 2. The van der Waals surface area contributed by atoms with Gasteiger partial charge in [-0.05, 0) is 23.6 Å². The smallest absolute Gasteiger partial charge is 0.335 e. The van der Waals surface area contributed by atoms with Gasteiger partial charge in [-0.15, -0.1) is 0 Å². The molecule has 0 atom stereocenters. The Hall–Kier alpha value is -2.42. The largest absolute Gasteiger partial charge is 0.478 e. The second-order valence-corrected chi connectivity index (χ2v) is 3.88. The Labute approximate surface area is 97.7 Å². The van der Waals surface area contributed by atoms with Gasteiger partial charge in [-0.25, -0.2) is 4.79 Å². The maximum absolute atomic E-state index is 10.9. The minimum Gasteiger partial charge on any atom is -0.478 e. The maximum Gasteiger partial charge on any atom is 0.335 e. The number of fused-ring (bicyclic) bond motifs is 3. The Morgan fingerprint density at radius 3 is 2.82 bits per heavy atom. The maximum atomic E-state index is 10.9. The molecule has 1 aliphatic carbocycles. The summed E-state index contributed by atoms with van der Waals surface area (Å²) in [7, 11) is 0. The predicted octanol–water partition coefficient (Wildman–Crippen LogP) is 3.04. The Morgan fingerprint density at radius 2 is 2.00 bits per heavy atom. The minimum absolute atomic E-state index is 0.295. The summed E-state index contributed by atoms with van der Waals surface area (Å²) in [5, 5.41) is 10.8. The molecule has 0 amide bonds. The fourth-order valence-corrected chi connectivity index (χ4v) is 2.01. The normalized spacial score (nSPS) is 10.8. The SMILES string of the molecule is O=C(O)c1ccc2c3nccc-3cccc2c1. The predicted molar refractivity (Wildman–Crippen MR) is 65.3 cm³/mol. The van der Waals surface area contributed by atoms with Gasteiger partial charge in [0.15, 0.2) is 0 Å². The van der Waals surface area contributed by atoms with E-state index in [1.807, 2.05) is 30.3 Å². The molecule has 1 aliphatic heterocycles. The molecule has 2 aliphatic rings. The molecule has 1 aromatic rings. The molecule has 0 radical (unpaired) electrons. The van der Waals surface area contributed by atoms with Gasteiger partial charge in [0.05, 0.1) is 11.3 Å². The van der Waals surface area contributed by atoms with Crippen LogP contribution in [0.5, 0.6) is 0 Å². The van der Waals surface area contributed by atoms with Gasteiger partial charge in [0.2, 0.25) is 0 Å². The van der Waals surface area contributed by atoms with Crippen LogP contribution in [0.3, 0.4) is 0 Å². The van der Waals surface area contributed by atoms with E-state index in [0.717, 1.165) is 22.0 Å². The first kappa shape index (κ1) is 9.78. The van der Waals surface area contributed by atoms with Crippen LogP contribution in [-0.4, -0.2) is 16.1 Å². The first-order valence-electron chi connectivity index (χ1n) is 5.26. The molecule has 3 rings (SSSR count). The zero-order valence-corrected chi connectivity index (χ0v) is 8.92. The summed E-state index contributed by atoms with van der Waals surface area (Å²) in [4.78, 5) is 15.2. The van der Waals surface area contributed by atoms with Crippen molar-refractivity contribution in [2.45, 2.75) is 0 Å². The topological polar surface area (TPSA) is 50.2 Å². The Balaban J connectivity index is 2.39. The van der Waals surface area contributed by atoms with Crippen molar-refractivity contribution in [3.63, 3.8) is 0 Å². The molecule has 82 valence electrons. The third-order valence-corrected chi connectivity index (χ3v) is 2.84. The standard InChI is InChI=1S/C14H9NO2/c16-14(17)11-4-5-12-10(8-11)3-1-2-9-6-7-15-13(9)12/h1-8H,(H,16,17). The highest BCUT2D eigenvalue weighted by Crippen LogP contribution is 2.28. The lowest BCUT2D eigenvalue weighted by Crippen LogP contribution is -1.94. The Morgan fingerprint density at radius 1 is 1.12 bits per heavy atom. The lowest BCUT2D eigenvalue weighted by atomic mass is 10.1. The van der Waals surface area contributed by atoms with Crippen molar-refractivity contribution in [2.75, 3.05) is 0 Å². The van der Waals surface area contributed by atoms with Crippen LogP contribution < -0.4 is 0 Å². The van der Waals surface area contributed by atoms with E-state index in [9.17, 15) is 4.79 Å². The Kier molecular flexibility index (Phi) is 2.05. The number of nitrogens with zero attached hydrogens (tertiary/aromatic N) is 1. The van der Waals surface area contributed by atoms with E-state index in [-0.39, 0.29) is 0 Å². The van der Waals surface area contributed by atoms with E-state index in [4.69, 9.17) is 5.11 Å². The number of carboxylic acid groups (broad SMARTS) is 1. The second-order valence-electron chi connectivity index (χ2n) is 3.88. The van der Waals surface area contributed by atoms with Crippen molar-refractivity contribution in [3.8, 4) is 11.3 Å². The highest BCUT2D eigenvalue weighted by molar-refractivity contribution is 5.99. The quantitative estimate of drug-likeness (QED) is 0.689. The van der Waals surface area contributed by atoms with E-state index >= 15 is 0 Å². The first-order chi connectivity index (χ1) is 8.25. The van der Waals surface area contributed by atoms with Crippen LogP contribution in [0.4, 0.5) is 0 Å². The van der Waals surface area contributed by atoms with Crippen molar-refractivity contribution in [1.29, 1.82) is 0 Å². The van der Waals surface area contributed by atoms with Gasteiger partial charge in [0.25, 0.3) is 0 Å². The van der Waals surface area contributed by atoms with Gasteiger partial charge in [-0.3, -0.25) is 4.98 Å². The van der Waals surface area contributed by atoms with Crippen LogP contribution in [0.25, 0.3) is 22.0 Å². The molecule has 3 heteroatoms. The molecule has 0 unspecified atom stereocenters. The van der Waals surface area contributed by atoms with E-state index in [1.165, 1.54) is 0 Å². The fraction of sp³-hybridized carbons (Fsp3) is 0. The summed E-state index contributed by atoms with van der Waals surface area (Å²) in [6.45, 7) is 0. The van der Waals surface area contributed by atoms with Crippen LogP contribution in [0.15, 0.2) is 48.7 Å². The number of rotatable bonds is 1. The number of hydrogen-bond donors (Lipinski definition) is 1. The average Bonchev–Trinajstić information content (AvgIpc) is 2.71. The van der Waals surface area contributed by atoms with E-state index in [2.05, 4.69) is 4.98 Å². The van der Waals surface area contributed by atoms with Gasteiger partial charge in [-0.1, -0.05) is 24.3 Å². The van der Waals surface area contributed by atoms with Crippen molar-refractivity contribution in [1.82, 2.24) is 4.98 Å². The molecule has 0 bridgehead atoms. The number of aromatic carboxylic acids is 1. The summed E-state index contributed by atoms with van der Waals surface area (Å²) in [5.41, 5.74) is 2.26. The summed E-state index contributed by atoms with van der Waals surface area (Å²) >= 11 is 0. The molecule has 1 heterocycles. The Bertz CT molecular complexity index is 691. The summed E-state index contributed by atoms with van der Waals surface area (Å²) < 4.78 is 0. The van der Waals surface area contributed by atoms with Crippen LogP contribution in [0, 0.1) is 0 Å². The van der Waals surface area contributed by atoms with E-state index in [0.29, 0.717) is 5.56 Å². The minimum atomic E-state index is -0.912. The molecule has 1 N–H and O–H groups in total. The average molecular weight is 223 g/mol. The van der Waals surface area contributed by atoms with E-state index < -0.39 is 5.97 Å². The van der Waals surface area contributed by atoms with Crippen LogP contribution in [0.1, 0.15) is 10.4 Å². The van der Waals surface area contributed by atoms with E-state index in [1.54, 1.807) is 18.3 Å². The molecule has 0 spiro atoms. The fourth-order valence-electron chi connectivity index (χ4n) is 2.01. The molecule has 3 nitrogen and oxygen atoms in total. The number of benzene rings is 1. The van der Waals surface area contributed by atoms with Gasteiger partial charge >= 0.3 is 5.97 Å². The van der Waals surface area contributed by atoms with Crippen LogP contribution in [0.2, 0.25) is 0 Å². The number of carboxylic acids is 1. The molecule has 0 saturated carbocycles. The summed E-state index contributed by atoms with van der Waals surface area (Å²) in [5.74, 6) is -0.912. The van der Waals surface area contributed by atoms with Crippen LogP contribution in [-0.2, 0) is 0 Å². The first-order valence-corrected chi connectivity index (χ1v) is 5.26. The molecule has 0 aromatic heterocycles. The molecular weight excluding hydrogens is 214 g/mol. The van der Waals surface area contributed by atoms with Crippen molar-refractivity contribution >= 4 is 16.7 Å². The molecule has 1 aromatic carbocycles. The van der Waals surface area contributed by atoms with Crippen LogP contribution >= 0.6 is 0 Å². The summed E-state index contributed by atoms with van der Waals surface area (Å²) in [6, 6.07) is 12.8. The van der Waals surface area contributed by atoms with Crippen molar-refractivity contribution in [2.24, 2.45) is 0 Å². The third kappa shape index (κ3) is 1.52.